The molecule has 1 N–H and O–H groups in total. The van der Waals surface area contributed by atoms with Gasteiger partial charge in [0.05, 0.1) is 19.1 Å². The molecule has 3 nitrogen and oxygen atoms in total. The van der Waals surface area contributed by atoms with Gasteiger partial charge in [0.1, 0.15) is 0 Å². The highest BCUT2D eigenvalue weighted by Crippen LogP contribution is 2.11. The number of carbonyl (C=O) groups is 1. The summed E-state index contributed by atoms with van der Waals surface area (Å²) in [5, 5.41) is 9.80. The summed E-state index contributed by atoms with van der Waals surface area (Å²) in [6, 6.07) is 0. The van der Waals surface area contributed by atoms with Crippen LogP contribution in [0, 0.1) is 0 Å². The largest absolute Gasteiger partial charge is 0.466 e. The van der Waals surface area contributed by atoms with E-state index in [1.165, 1.54) is 64.2 Å². The molecule has 0 saturated carbocycles. The van der Waals surface area contributed by atoms with Gasteiger partial charge in [-0.15, -0.1) is 0 Å². The zero-order valence-electron chi connectivity index (χ0n) is 16.4. The molecule has 0 aromatic carbocycles. The van der Waals surface area contributed by atoms with E-state index in [1.54, 1.807) is 0 Å². The first kappa shape index (κ1) is 23.4. The molecule has 0 bridgehead atoms. The van der Waals surface area contributed by atoms with Gasteiger partial charge in [0, 0.05) is 0 Å². The number of carbonyl (C=O) groups excluding carboxylic acids is 1. The Morgan fingerprint density at radius 3 is 1.75 bits per heavy atom. The molecule has 0 aromatic heterocycles. The second-order valence-corrected chi connectivity index (χ2v) is 7.11. The third kappa shape index (κ3) is 17.8. The average Bonchev–Trinajstić information content (AvgIpc) is 2.56. The molecule has 0 aliphatic heterocycles. The first-order valence-electron chi connectivity index (χ1n) is 10.5. The zero-order valence-corrected chi connectivity index (χ0v) is 16.4. The van der Waals surface area contributed by atoms with Crippen molar-refractivity contribution in [2.75, 3.05) is 6.61 Å². The van der Waals surface area contributed by atoms with Crippen molar-refractivity contribution in [1.82, 2.24) is 0 Å². The SMILES string of the molecule is CCCCCCCCCCCCOC(=O)CC(O)CCCCCC. The quantitative estimate of drug-likeness (QED) is 0.239. The summed E-state index contributed by atoms with van der Waals surface area (Å²) in [7, 11) is 0. The van der Waals surface area contributed by atoms with Crippen molar-refractivity contribution in [3.8, 4) is 0 Å². The first-order chi connectivity index (χ1) is 11.7. The van der Waals surface area contributed by atoms with Crippen molar-refractivity contribution in [1.29, 1.82) is 0 Å². The highest BCUT2D eigenvalue weighted by atomic mass is 16.5. The van der Waals surface area contributed by atoms with Gasteiger partial charge in [0.2, 0.25) is 0 Å². The van der Waals surface area contributed by atoms with Crippen molar-refractivity contribution in [3.05, 3.63) is 0 Å². The molecule has 0 radical (unpaired) electrons. The van der Waals surface area contributed by atoms with Crippen LogP contribution in [0.2, 0.25) is 0 Å². The van der Waals surface area contributed by atoms with E-state index >= 15 is 0 Å². The van der Waals surface area contributed by atoms with E-state index in [4.69, 9.17) is 4.74 Å². The molecule has 0 fully saturated rings. The van der Waals surface area contributed by atoms with E-state index in [0.29, 0.717) is 13.0 Å². The van der Waals surface area contributed by atoms with Crippen molar-refractivity contribution in [3.63, 3.8) is 0 Å². The molecule has 1 unspecified atom stereocenters. The number of aliphatic hydroxyl groups excluding tert-OH is 1. The summed E-state index contributed by atoms with van der Waals surface area (Å²) in [5.74, 6) is -0.242. The van der Waals surface area contributed by atoms with Crippen LogP contribution < -0.4 is 0 Å². The van der Waals surface area contributed by atoms with Crippen LogP contribution in [0.1, 0.15) is 117 Å². The first-order valence-corrected chi connectivity index (χ1v) is 10.5. The van der Waals surface area contributed by atoms with Gasteiger partial charge < -0.3 is 9.84 Å². The molecule has 0 heterocycles. The number of hydrogen-bond acceptors (Lipinski definition) is 3. The molecule has 0 saturated heterocycles. The topological polar surface area (TPSA) is 46.5 Å². The number of rotatable bonds is 18. The van der Waals surface area contributed by atoms with Gasteiger partial charge in [-0.05, 0) is 12.8 Å². The molecule has 1 atom stereocenters. The number of ether oxygens (including phenoxy) is 1. The van der Waals surface area contributed by atoms with Crippen LogP contribution in [0.3, 0.4) is 0 Å². The second kappa shape index (κ2) is 18.8. The molecule has 0 spiro atoms. The standard InChI is InChI=1S/C21H42O3/c1-3-5-7-9-10-11-12-13-14-16-18-24-21(23)19-20(22)17-15-8-6-4-2/h20,22H,3-19H2,1-2H3. The van der Waals surface area contributed by atoms with E-state index in [9.17, 15) is 9.90 Å². The molecule has 3 heteroatoms. The van der Waals surface area contributed by atoms with Crippen LogP contribution in [0.5, 0.6) is 0 Å². The molecular formula is C21H42O3. The van der Waals surface area contributed by atoms with Gasteiger partial charge in [-0.25, -0.2) is 0 Å². The van der Waals surface area contributed by atoms with Gasteiger partial charge in [0.25, 0.3) is 0 Å². The lowest BCUT2D eigenvalue weighted by atomic mass is 10.1. The van der Waals surface area contributed by atoms with Crippen molar-refractivity contribution < 1.29 is 14.6 Å². The maximum atomic E-state index is 11.6. The minimum Gasteiger partial charge on any atom is -0.466 e. The molecule has 24 heavy (non-hydrogen) atoms. The number of esters is 1. The monoisotopic (exact) mass is 342 g/mol. The molecule has 0 aromatic rings. The Morgan fingerprint density at radius 1 is 0.750 bits per heavy atom. The summed E-state index contributed by atoms with van der Waals surface area (Å²) in [4.78, 5) is 11.6. The normalized spacial score (nSPS) is 12.3. The molecule has 0 amide bonds. The Bertz CT molecular complexity index is 266. The predicted molar refractivity (Wildman–Crippen MR) is 102 cm³/mol. The third-order valence-corrected chi connectivity index (χ3v) is 4.55. The van der Waals surface area contributed by atoms with Crippen molar-refractivity contribution >= 4 is 5.97 Å². The summed E-state index contributed by atoms with van der Waals surface area (Å²) in [6.07, 6.45) is 17.7. The number of unbranched alkanes of at least 4 members (excludes halogenated alkanes) is 12. The highest BCUT2D eigenvalue weighted by Gasteiger charge is 2.11. The maximum absolute atomic E-state index is 11.6. The van der Waals surface area contributed by atoms with E-state index in [2.05, 4.69) is 13.8 Å². The van der Waals surface area contributed by atoms with Crippen LogP contribution in [-0.4, -0.2) is 23.8 Å². The lowest BCUT2D eigenvalue weighted by Gasteiger charge is -2.10. The Kier molecular flexibility index (Phi) is 18.3. The van der Waals surface area contributed by atoms with Gasteiger partial charge in [-0.1, -0.05) is 97.3 Å². The lowest BCUT2D eigenvalue weighted by molar-refractivity contribution is -0.146. The van der Waals surface area contributed by atoms with Crippen LogP contribution in [0.25, 0.3) is 0 Å². The van der Waals surface area contributed by atoms with Gasteiger partial charge in [-0.2, -0.15) is 0 Å². The Labute approximate surface area is 150 Å². The summed E-state index contributed by atoms with van der Waals surface area (Å²) in [6.45, 7) is 4.93. The fourth-order valence-corrected chi connectivity index (χ4v) is 2.94. The minimum atomic E-state index is -0.526. The Balaban J connectivity index is 3.28. The summed E-state index contributed by atoms with van der Waals surface area (Å²) >= 11 is 0. The van der Waals surface area contributed by atoms with Crippen LogP contribution >= 0.6 is 0 Å². The van der Waals surface area contributed by atoms with E-state index < -0.39 is 6.10 Å². The Morgan fingerprint density at radius 2 is 1.21 bits per heavy atom. The summed E-state index contributed by atoms with van der Waals surface area (Å²) < 4.78 is 5.21. The lowest BCUT2D eigenvalue weighted by Crippen LogP contribution is -2.16. The van der Waals surface area contributed by atoms with Crippen molar-refractivity contribution in [2.24, 2.45) is 0 Å². The predicted octanol–water partition coefficient (Wildman–Crippen LogP) is 6.17. The molecule has 144 valence electrons. The van der Waals surface area contributed by atoms with Crippen LogP contribution in [0.15, 0.2) is 0 Å². The third-order valence-electron chi connectivity index (χ3n) is 4.55. The Hall–Kier alpha value is -0.570. The summed E-state index contributed by atoms with van der Waals surface area (Å²) in [5.41, 5.74) is 0. The van der Waals surface area contributed by atoms with E-state index in [0.717, 1.165) is 25.7 Å². The van der Waals surface area contributed by atoms with Crippen LogP contribution in [-0.2, 0) is 9.53 Å². The van der Waals surface area contributed by atoms with Gasteiger partial charge in [0.15, 0.2) is 0 Å². The maximum Gasteiger partial charge on any atom is 0.308 e. The van der Waals surface area contributed by atoms with Crippen molar-refractivity contribution in [2.45, 2.75) is 123 Å². The molecular weight excluding hydrogens is 300 g/mol. The second-order valence-electron chi connectivity index (χ2n) is 7.11. The van der Waals surface area contributed by atoms with Gasteiger partial charge in [-0.3, -0.25) is 4.79 Å². The van der Waals surface area contributed by atoms with E-state index in [1.807, 2.05) is 0 Å². The minimum absolute atomic E-state index is 0.157. The fourth-order valence-electron chi connectivity index (χ4n) is 2.94. The molecule has 0 rings (SSSR count). The average molecular weight is 343 g/mol. The number of aliphatic hydroxyl groups is 1. The van der Waals surface area contributed by atoms with Crippen LogP contribution in [0.4, 0.5) is 0 Å². The number of hydrogen-bond donors (Lipinski definition) is 1. The fraction of sp³-hybridized carbons (Fsp3) is 0.952. The zero-order chi connectivity index (χ0) is 17.9. The highest BCUT2D eigenvalue weighted by molar-refractivity contribution is 5.69. The van der Waals surface area contributed by atoms with E-state index in [-0.39, 0.29) is 12.4 Å². The molecule has 0 aliphatic rings. The van der Waals surface area contributed by atoms with Gasteiger partial charge >= 0.3 is 5.97 Å². The molecule has 0 aliphatic carbocycles. The smallest absolute Gasteiger partial charge is 0.308 e.